The Hall–Kier alpha value is -4.28. The van der Waals surface area contributed by atoms with Crippen molar-refractivity contribution in [2.24, 2.45) is 0 Å². The van der Waals surface area contributed by atoms with E-state index in [1.165, 1.54) is 71.0 Å². The molecule has 1 nitrogen and oxygen atoms in total. The molecule has 0 spiro atoms. The Kier molecular flexibility index (Phi) is 3.22. The van der Waals surface area contributed by atoms with Crippen molar-refractivity contribution in [3.8, 4) is 11.1 Å². The van der Waals surface area contributed by atoms with Gasteiger partial charge in [-0.2, -0.15) is 0 Å². The number of H-pyrrole nitrogens is 1. The molecule has 152 valence electrons. The molecule has 1 aliphatic rings. The highest BCUT2D eigenvalue weighted by Crippen LogP contribution is 2.41. The molecule has 0 amide bonds. The summed E-state index contributed by atoms with van der Waals surface area (Å²) >= 11 is 0. The monoisotopic (exact) mass is 417 g/mol. The highest BCUT2D eigenvalue weighted by Gasteiger charge is 2.15. The zero-order valence-corrected chi connectivity index (χ0v) is 18.0. The molecular formula is C32H19N. The summed E-state index contributed by atoms with van der Waals surface area (Å²) in [6, 6.07) is 33.5. The Morgan fingerprint density at radius 2 is 1.73 bits per heavy atom. The minimum atomic E-state index is 1.12. The van der Waals surface area contributed by atoms with Crippen LogP contribution in [-0.2, 0) is 6.42 Å². The minimum absolute atomic E-state index is 1.12. The molecule has 1 N–H and O–H groups in total. The van der Waals surface area contributed by atoms with Crippen molar-refractivity contribution in [2.45, 2.75) is 12.8 Å². The molecular weight excluding hydrogens is 398 g/mol. The van der Waals surface area contributed by atoms with Crippen LogP contribution in [0.25, 0.3) is 71.3 Å². The molecule has 1 aliphatic carbocycles. The van der Waals surface area contributed by atoms with Crippen molar-refractivity contribution in [3.05, 3.63) is 102 Å². The summed E-state index contributed by atoms with van der Waals surface area (Å²) in [4.78, 5) is 3.65. The van der Waals surface area contributed by atoms with Gasteiger partial charge in [0, 0.05) is 32.6 Å². The first-order chi connectivity index (χ1) is 16.3. The van der Waals surface area contributed by atoms with E-state index in [0.29, 0.717) is 0 Å². The van der Waals surface area contributed by atoms with E-state index in [-0.39, 0.29) is 0 Å². The van der Waals surface area contributed by atoms with Crippen molar-refractivity contribution >= 4 is 60.2 Å². The van der Waals surface area contributed by atoms with Gasteiger partial charge in [-0.1, -0.05) is 54.6 Å². The van der Waals surface area contributed by atoms with Crippen molar-refractivity contribution in [1.82, 2.24) is 4.98 Å². The average Bonchev–Trinajstić information content (AvgIpc) is 3.22. The van der Waals surface area contributed by atoms with Crippen molar-refractivity contribution in [1.29, 1.82) is 0 Å². The van der Waals surface area contributed by atoms with Crippen LogP contribution in [0.4, 0.5) is 0 Å². The van der Waals surface area contributed by atoms with Gasteiger partial charge in [0.2, 0.25) is 0 Å². The van der Waals surface area contributed by atoms with Crippen molar-refractivity contribution < 1.29 is 0 Å². The predicted molar refractivity (Wildman–Crippen MR) is 140 cm³/mol. The number of hydrogen-bond acceptors (Lipinski definition) is 0. The lowest BCUT2D eigenvalue weighted by atomic mass is 9.89. The molecule has 0 saturated carbocycles. The molecule has 0 fully saturated rings. The first-order valence-electron chi connectivity index (χ1n) is 11.6. The number of benzene rings is 5. The second kappa shape index (κ2) is 6.15. The summed E-state index contributed by atoms with van der Waals surface area (Å²) in [5, 5.41) is 10.2. The average molecular weight is 418 g/mol. The predicted octanol–water partition coefficient (Wildman–Crippen LogP) is 8.45. The summed E-state index contributed by atoms with van der Waals surface area (Å²) in [7, 11) is 0. The SMILES string of the molecule is c1cc2cc(-c3ccc4[nH]c5cc6c(cc5c4c3)CCC=C6)c3cccc4ccc(c#1)c2c43. The molecule has 0 aliphatic heterocycles. The fourth-order valence-corrected chi connectivity index (χ4v) is 5.85. The number of rotatable bonds is 1. The maximum atomic E-state index is 3.65. The summed E-state index contributed by atoms with van der Waals surface area (Å²) in [6.07, 6.45) is 6.78. The lowest BCUT2D eigenvalue weighted by Crippen LogP contribution is -1.93. The van der Waals surface area contributed by atoms with Gasteiger partial charge >= 0.3 is 0 Å². The molecule has 8 rings (SSSR count). The summed E-state index contributed by atoms with van der Waals surface area (Å²) in [5.74, 6) is 0. The van der Waals surface area contributed by atoms with Crippen LogP contribution in [0.1, 0.15) is 17.5 Å². The third-order valence-electron chi connectivity index (χ3n) is 7.41. The number of nitrogens with one attached hydrogen (secondary N) is 1. The zero-order valence-electron chi connectivity index (χ0n) is 18.0. The zero-order chi connectivity index (χ0) is 21.5. The normalized spacial score (nSPS) is 13.5. The molecule has 0 saturated heterocycles. The Balaban J connectivity index is 1.45. The topological polar surface area (TPSA) is 15.8 Å². The van der Waals surface area contributed by atoms with Gasteiger partial charge in [0.05, 0.1) is 0 Å². The van der Waals surface area contributed by atoms with Crippen molar-refractivity contribution in [3.63, 3.8) is 0 Å². The van der Waals surface area contributed by atoms with Crippen LogP contribution in [0, 0.1) is 12.1 Å². The van der Waals surface area contributed by atoms with E-state index in [9.17, 15) is 0 Å². The standard InChI is InChI=1S/C32H19N/c1-2-6-22-18-30-28(15-21(22)5-1)27-16-23(13-14-29(27)33-30)26-17-24-9-3-7-19-11-12-20-8-4-10-25(26)32(20)31(19)24/h2,4,6,8-18,33H,1,5H2. The minimum Gasteiger partial charge on any atom is -0.354 e. The number of fused-ring (bicyclic) bond motifs is 4. The molecule has 7 aromatic rings. The highest BCUT2D eigenvalue weighted by atomic mass is 14.7. The second-order valence-corrected chi connectivity index (χ2v) is 9.24. The maximum Gasteiger partial charge on any atom is 0.0471 e. The molecule has 1 heterocycles. The molecule has 1 heteroatoms. The van der Waals surface area contributed by atoms with Gasteiger partial charge in [0.15, 0.2) is 0 Å². The van der Waals surface area contributed by atoms with Crippen LogP contribution in [-0.4, -0.2) is 4.98 Å². The molecule has 0 bridgehead atoms. The fourth-order valence-electron chi connectivity index (χ4n) is 5.85. The fraction of sp³-hybridized carbons (Fsp3) is 0.0625. The Morgan fingerprint density at radius 1 is 0.758 bits per heavy atom. The number of allylic oxidation sites excluding steroid dienone is 1. The van der Waals surface area contributed by atoms with Gasteiger partial charge in [0.25, 0.3) is 0 Å². The van der Waals surface area contributed by atoms with Gasteiger partial charge in [-0.3, -0.25) is 0 Å². The molecule has 6 aromatic carbocycles. The molecule has 1 aromatic heterocycles. The van der Waals surface area contributed by atoms with E-state index in [1.54, 1.807) is 0 Å². The molecule has 33 heavy (non-hydrogen) atoms. The first-order valence-corrected chi connectivity index (χ1v) is 11.6. The number of aryl methyl sites for hydroxylation is 1. The van der Waals surface area contributed by atoms with Crippen molar-refractivity contribution in [2.75, 3.05) is 0 Å². The lowest BCUT2D eigenvalue weighted by molar-refractivity contribution is 0.989. The maximum absolute atomic E-state index is 3.65. The third kappa shape index (κ3) is 2.33. The van der Waals surface area contributed by atoms with Gasteiger partial charge < -0.3 is 4.98 Å². The third-order valence-corrected chi connectivity index (χ3v) is 7.41. The molecule has 0 atom stereocenters. The van der Waals surface area contributed by atoms with Gasteiger partial charge in [-0.05, 0) is 99.1 Å². The van der Waals surface area contributed by atoms with Crippen LogP contribution >= 0.6 is 0 Å². The van der Waals surface area contributed by atoms with Gasteiger partial charge in [-0.25, -0.2) is 0 Å². The molecule has 0 radical (unpaired) electrons. The van der Waals surface area contributed by atoms with E-state index >= 15 is 0 Å². The Bertz CT molecular complexity index is 1920. The Morgan fingerprint density at radius 3 is 2.73 bits per heavy atom. The van der Waals surface area contributed by atoms with Crippen LogP contribution in [0.15, 0.2) is 78.9 Å². The van der Waals surface area contributed by atoms with Crippen LogP contribution in [0.2, 0.25) is 0 Å². The first kappa shape index (κ1) is 17.3. The molecule has 0 unspecified atom stereocenters. The van der Waals surface area contributed by atoms with E-state index < -0.39 is 0 Å². The summed E-state index contributed by atoms with van der Waals surface area (Å²) < 4.78 is 0. The quantitative estimate of drug-likeness (QED) is 0.276. The van der Waals surface area contributed by atoms with Crippen LogP contribution < -0.4 is 0 Å². The number of hydrogen-bond donors (Lipinski definition) is 1. The second-order valence-electron chi connectivity index (χ2n) is 9.24. The number of aromatic nitrogens is 1. The lowest BCUT2D eigenvalue weighted by Gasteiger charge is -2.14. The van der Waals surface area contributed by atoms with E-state index in [0.717, 1.165) is 18.2 Å². The highest BCUT2D eigenvalue weighted by molar-refractivity contribution is 6.26. The van der Waals surface area contributed by atoms with Crippen LogP contribution in [0.5, 0.6) is 0 Å². The Labute approximate surface area is 191 Å². The van der Waals surface area contributed by atoms with E-state index in [2.05, 4.69) is 102 Å². The van der Waals surface area contributed by atoms with E-state index in [4.69, 9.17) is 0 Å². The summed E-state index contributed by atoms with van der Waals surface area (Å²) in [6.45, 7) is 0. The van der Waals surface area contributed by atoms with Gasteiger partial charge in [0.1, 0.15) is 0 Å². The van der Waals surface area contributed by atoms with Crippen LogP contribution in [0.3, 0.4) is 0 Å². The smallest absolute Gasteiger partial charge is 0.0471 e. The summed E-state index contributed by atoms with van der Waals surface area (Å²) in [5.41, 5.74) is 7.74. The van der Waals surface area contributed by atoms with Gasteiger partial charge in [-0.15, -0.1) is 0 Å². The van der Waals surface area contributed by atoms with E-state index in [1.807, 2.05) is 0 Å². The number of aromatic amines is 1. The largest absolute Gasteiger partial charge is 0.354 e.